The van der Waals surface area contributed by atoms with Crippen LogP contribution in [0.1, 0.15) is 40.2 Å². The zero-order valence-corrected chi connectivity index (χ0v) is 11.9. The number of fused-ring (bicyclic) bond motifs is 1. The average Bonchev–Trinajstić information content (AvgIpc) is 2.27. The van der Waals surface area contributed by atoms with Crippen LogP contribution in [-0.2, 0) is 5.41 Å². The van der Waals surface area contributed by atoms with Gasteiger partial charge in [0.2, 0.25) is 0 Å². The third-order valence-corrected chi connectivity index (χ3v) is 3.05. The zero-order valence-electron chi connectivity index (χ0n) is 11.9. The summed E-state index contributed by atoms with van der Waals surface area (Å²) in [5, 5.41) is 4.66. The number of anilines is 1. The summed E-state index contributed by atoms with van der Waals surface area (Å²) in [6.07, 6.45) is 1.87. The van der Waals surface area contributed by atoms with Crippen molar-refractivity contribution in [2.24, 2.45) is 0 Å². The summed E-state index contributed by atoms with van der Waals surface area (Å²) in [6, 6.07) is 9.04. The van der Waals surface area contributed by atoms with Gasteiger partial charge < -0.3 is 5.32 Å². The van der Waals surface area contributed by atoms with Gasteiger partial charge in [-0.25, -0.2) is 0 Å². The molecule has 0 radical (unpaired) electrons. The number of rotatable bonds is 2. The molecule has 1 N–H and O–H groups in total. The van der Waals surface area contributed by atoms with E-state index < -0.39 is 0 Å². The van der Waals surface area contributed by atoms with Crippen molar-refractivity contribution in [3.8, 4) is 0 Å². The summed E-state index contributed by atoms with van der Waals surface area (Å²) in [7, 11) is 0. The molecule has 0 amide bonds. The fourth-order valence-electron chi connectivity index (χ4n) is 2.05. The van der Waals surface area contributed by atoms with E-state index in [0.717, 1.165) is 11.2 Å². The van der Waals surface area contributed by atoms with Crippen molar-refractivity contribution < 1.29 is 0 Å². The first kappa shape index (κ1) is 12.9. The fraction of sp³-hybridized carbons (Fsp3) is 0.438. The smallest absolute Gasteiger partial charge is 0.0725 e. The molecule has 0 aliphatic carbocycles. The number of nitrogens with one attached hydrogen (secondary N) is 1. The molecule has 0 bridgehead atoms. The molecular weight excluding hydrogens is 220 g/mol. The van der Waals surface area contributed by atoms with E-state index in [9.17, 15) is 0 Å². The Kier molecular flexibility index (Phi) is 3.29. The van der Waals surface area contributed by atoms with Crippen LogP contribution in [0.15, 0.2) is 30.5 Å². The van der Waals surface area contributed by atoms with Gasteiger partial charge in [-0.15, -0.1) is 0 Å². The number of hydrogen-bond donors (Lipinski definition) is 1. The van der Waals surface area contributed by atoms with E-state index in [4.69, 9.17) is 0 Å². The number of aromatic nitrogens is 1. The molecule has 2 rings (SSSR count). The topological polar surface area (TPSA) is 24.9 Å². The molecule has 2 aromatic rings. The SMILES string of the molecule is CC(C)Nc1ccnc2cc(C(C)(C)C)ccc12. The molecule has 0 atom stereocenters. The number of nitrogens with zero attached hydrogens (tertiary/aromatic N) is 1. The van der Waals surface area contributed by atoms with E-state index in [1.807, 2.05) is 12.3 Å². The largest absolute Gasteiger partial charge is 0.382 e. The van der Waals surface area contributed by atoms with Crippen LogP contribution in [-0.4, -0.2) is 11.0 Å². The van der Waals surface area contributed by atoms with Gasteiger partial charge in [-0.2, -0.15) is 0 Å². The maximum absolute atomic E-state index is 4.48. The standard InChI is InChI=1S/C16H22N2/c1-11(2)18-14-8-9-17-15-10-12(16(3,4)5)6-7-13(14)15/h6-11H,1-5H3,(H,17,18). The van der Waals surface area contributed by atoms with Crippen LogP contribution in [0.4, 0.5) is 5.69 Å². The Morgan fingerprint density at radius 1 is 1.11 bits per heavy atom. The molecule has 1 aromatic heterocycles. The first-order valence-corrected chi connectivity index (χ1v) is 6.54. The Morgan fingerprint density at radius 3 is 2.44 bits per heavy atom. The lowest BCUT2D eigenvalue weighted by Gasteiger charge is -2.20. The third-order valence-electron chi connectivity index (χ3n) is 3.05. The Bertz CT molecular complexity index is 551. The highest BCUT2D eigenvalue weighted by atomic mass is 14.9. The van der Waals surface area contributed by atoms with Crippen molar-refractivity contribution >= 4 is 16.6 Å². The second-order valence-electron chi connectivity index (χ2n) is 6.14. The lowest BCUT2D eigenvalue weighted by atomic mass is 9.86. The summed E-state index contributed by atoms with van der Waals surface area (Å²) in [6.45, 7) is 11.0. The van der Waals surface area contributed by atoms with Gasteiger partial charge in [-0.05, 0) is 37.0 Å². The highest BCUT2D eigenvalue weighted by molar-refractivity contribution is 5.91. The number of pyridine rings is 1. The van der Waals surface area contributed by atoms with Crippen LogP contribution in [0.3, 0.4) is 0 Å². The van der Waals surface area contributed by atoms with E-state index in [2.05, 4.69) is 63.1 Å². The predicted octanol–water partition coefficient (Wildman–Crippen LogP) is 4.35. The zero-order chi connectivity index (χ0) is 13.3. The fourth-order valence-corrected chi connectivity index (χ4v) is 2.05. The monoisotopic (exact) mass is 242 g/mol. The molecule has 2 heteroatoms. The first-order valence-electron chi connectivity index (χ1n) is 6.54. The van der Waals surface area contributed by atoms with E-state index in [-0.39, 0.29) is 5.41 Å². The molecule has 0 aliphatic rings. The van der Waals surface area contributed by atoms with Gasteiger partial charge in [0, 0.05) is 23.3 Å². The lowest BCUT2D eigenvalue weighted by molar-refractivity contribution is 0.591. The molecule has 0 fully saturated rings. The minimum Gasteiger partial charge on any atom is -0.382 e. The van der Waals surface area contributed by atoms with Gasteiger partial charge in [0.25, 0.3) is 0 Å². The molecular formula is C16H22N2. The van der Waals surface area contributed by atoms with Crippen LogP contribution in [0.25, 0.3) is 10.9 Å². The second-order valence-corrected chi connectivity index (χ2v) is 6.14. The predicted molar refractivity (Wildman–Crippen MR) is 79.2 cm³/mol. The van der Waals surface area contributed by atoms with Crippen molar-refractivity contribution in [3.63, 3.8) is 0 Å². The van der Waals surface area contributed by atoms with Crippen molar-refractivity contribution in [1.29, 1.82) is 0 Å². The van der Waals surface area contributed by atoms with Gasteiger partial charge in [-0.1, -0.05) is 32.9 Å². The molecule has 1 heterocycles. The van der Waals surface area contributed by atoms with E-state index in [1.54, 1.807) is 0 Å². The summed E-state index contributed by atoms with van der Waals surface area (Å²) in [4.78, 5) is 4.48. The first-order chi connectivity index (χ1) is 8.38. The summed E-state index contributed by atoms with van der Waals surface area (Å²) in [5.74, 6) is 0. The van der Waals surface area contributed by atoms with Crippen LogP contribution in [0.2, 0.25) is 0 Å². The van der Waals surface area contributed by atoms with Crippen LogP contribution < -0.4 is 5.32 Å². The van der Waals surface area contributed by atoms with Gasteiger partial charge in [0.15, 0.2) is 0 Å². The molecule has 0 saturated heterocycles. The highest BCUT2D eigenvalue weighted by Crippen LogP contribution is 2.28. The van der Waals surface area contributed by atoms with Crippen LogP contribution >= 0.6 is 0 Å². The summed E-state index contributed by atoms with van der Waals surface area (Å²) in [5.41, 5.74) is 3.71. The quantitative estimate of drug-likeness (QED) is 0.846. The maximum atomic E-state index is 4.48. The molecule has 96 valence electrons. The Hall–Kier alpha value is -1.57. The van der Waals surface area contributed by atoms with Crippen molar-refractivity contribution in [2.45, 2.75) is 46.1 Å². The van der Waals surface area contributed by atoms with E-state index >= 15 is 0 Å². The third kappa shape index (κ3) is 2.63. The molecule has 1 aromatic carbocycles. The molecule has 0 saturated carbocycles. The number of benzene rings is 1. The Balaban J connectivity index is 2.53. The minimum absolute atomic E-state index is 0.164. The van der Waals surface area contributed by atoms with E-state index in [1.165, 1.54) is 10.9 Å². The van der Waals surface area contributed by atoms with Crippen molar-refractivity contribution in [1.82, 2.24) is 4.98 Å². The van der Waals surface area contributed by atoms with Gasteiger partial charge in [0.05, 0.1) is 5.52 Å². The second kappa shape index (κ2) is 4.60. The highest BCUT2D eigenvalue weighted by Gasteiger charge is 2.14. The molecule has 0 aliphatic heterocycles. The average molecular weight is 242 g/mol. The molecule has 2 nitrogen and oxygen atoms in total. The minimum atomic E-state index is 0.164. The normalized spacial score (nSPS) is 12.1. The molecule has 18 heavy (non-hydrogen) atoms. The number of hydrogen-bond acceptors (Lipinski definition) is 2. The van der Waals surface area contributed by atoms with Crippen molar-refractivity contribution in [3.05, 3.63) is 36.0 Å². The summed E-state index contributed by atoms with van der Waals surface area (Å²) < 4.78 is 0. The molecule has 0 unspecified atom stereocenters. The van der Waals surface area contributed by atoms with Gasteiger partial charge in [-0.3, -0.25) is 4.98 Å². The van der Waals surface area contributed by atoms with Gasteiger partial charge in [0.1, 0.15) is 0 Å². The maximum Gasteiger partial charge on any atom is 0.0725 e. The summed E-state index contributed by atoms with van der Waals surface area (Å²) >= 11 is 0. The van der Waals surface area contributed by atoms with Gasteiger partial charge >= 0.3 is 0 Å². The van der Waals surface area contributed by atoms with Crippen LogP contribution in [0, 0.1) is 0 Å². The van der Waals surface area contributed by atoms with Crippen molar-refractivity contribution in [2.75, 3.05) is 5.32 Å². The molecule has 0 spiro atoms. The Morgan fingerprint density at radius 2 is 1.83 bits per heavy atom. The Labute approximate surface area is 109 Å². The van der Waals surface area contributed by atoms with E-state index in [0.29, 0.717) is 6.04 Å². The van der Waals surface area contributed by atoms with Crippen LogP contribution in [0.5, 0.6) is 0 Å². The lowest BCUT2D eigenvalue weighted by Crippen LogP contribution is -2.12.